The van der Waals surface area contributed by atoms with E-state index in [4.69, 9.17) is 11.6 Å². The predicted molar refractivity (Wildman–Crippen MR) is 110 cm³/mol. The number of nitrogens with zero attached hydrogens (tertiary/aromatic N) is 4. The lowest BCUT2D eigenvalue weighted by molar-refractivity contribution is 0.0674. The van der Waals surface area contributed by atoms with Gasteiger partial charge in [-0.3, -0.25) is 4.79 Å². The number of carbonyl (C=O) groups excluding carboxylic acids is 1. The highest BCUT2D eigenvalue weighted by Crippen LogP contribution is 2.23. The van der Waals surface area contributed by atoms with Crippen LogP contribution in [0.4, 0.5) is 0 Å². The number of para-hydroxylation sites is 1. The lowest BCUT2D eigenvalue weighted by atomic mass is 9.93. The highest BCUT2D eigenvalue weighted by atomic mass is 35.5. The normalized spacial score (nSPS) is 14.9. The highest BCUT2D eigenvalue weighted by molar-refractivity contribution is 6.32. The quantitative estimate of drug-likeness (QED) is 0.791. The summed E-state index contributed by atoms with van der Waals surface area (Å²) >= 11 is 6.29. The van der Waals surface area contributed by atoms with Crippen molar-refractivity contribution in [2.75, 3.05) is 26.7 Å². The standard InChI is InChI=1S/C19H26ClN5O.ClH/c1-3-17-22-18(23-25(17)16-7-5-4-6-15(16)20)19(26)24-12-9-14(10-13-24)8-11-21-2;/h4-7,14,21H,3,8-13H2,1-2H3;1H. The molecule has 1 aliphatic rings. The SMILES string of the molecule is CCc1nc(C(=O)N2CCC(CCNC)CC2)nn1-c1ccccc1Cl.Cl. The fourth-order valence-corrected chi connectivity index (χ4v) is 3.61. The van der Waals surface area contributed by atoms with E-state index in [0.29, 0.717) is 17.4 Å². The number of piperidine rings is 1. The van der Waals surface area contributed by atoms with Crippen molar-refractivity contribution < 1.29 is 4.79 Å². The van der Waals surface area contributed by atoms with Crippen LogP contribution in [0.2, 0.25) is 5.02 Å². The zero-order valence-corrected chi connectivity index (χ0v) is 17.4. The number of hydrogen-bond acceptors (Lipinski definition) is 4. The number of nitrogens with one attached hydrogen (secondary N) is 1. The van der Waals surface area contributed by atoms with Gasteiger partial charge in [-0.2, -0.15) is 0 Å². The fraction of sp³-hybridized carbons (Fsp3) is 0.526. The maximum atomic E-state index is 12.9. The molecule has 148 valence electrons. The molecule has 1 aromatic heterocycles. The molecule has 3 rings (SSSR count). The molecular weight excluding hydrogens is 385 g/mol. The number of halogens is 2. The van der Waals surface area contributed by atoms with Crippen LogP contribution in [0.15, 0.2) is 24.3 Å². The molecule has 0 bridgehead atoms. The van der Waals surface area contributed by atoms with Crippen LogP contribution >= 0.6 is 24.0 Å². The van der Waals surface area contributed by atoms with E-state index in [1.54, 1.807) is 4.68 Å². The van der Waals surface area contributed by atoms with Crippen molar-refractivity contribution in [3.63, 3.8) is 0 Å². The van der Waals surface area contributed by atoms with Crippen LogP contribution in [-0.4, -0.2) is 52.3 Å². The van der Waals surface area contributed by atoms with Crippen molar-refractivity contribution in [3.05, 3.63) is 40.9 Å². The van der Waals surface area contributed by atoms with Crippen LogP contribution in [0.25, 0.3) is 5.69 Å². The number of amides is 1. The Morgan fingerprint density at radius 2 is 2.00 bits per heavy atom. The lowest BCUT2D eigenvalue weighted by Crippen LogP contribution is -2.39. The largest absolute Gasteiger partial charge is 0.336 e. The van der Waals surface area contributed by atoms with Gasteiger partial charge in [-0.15, -0.1) is 17.5 Å². The smallest absolute Gasteiger partial charge is 0.293 e. The molecule has 1 saturated heterocycles. The average molecular weight is 412 g/mol. The number of aromatic nitrogens is 3. The maximum absolute atomic E-state index is 12.9. The molecule has 2 heterocycles. The molecule has 0 atom stereocenters. The first kappa shape index (κ1) is 21.7. The minimum absolute atomic E-state index is 0. The van der Waals surface area contributed by atoms with Gasteiger partial charge in [0.25, 0.3) is 5.91 Å². The highest BCUT2D eigenvalue weighted by Gasteiger charge is 2.27. The summed E-state index contributed by atoms with van der Waals surface area (Å²) in [5.41, 5.74) is 0.753. The van der Waals surface area contributed by atoms with Crippen molar-refractivity contribution >= 4 is 29.9 Å². The Kier molecular flexibility index (Phi) is 8.07. The second-order valence-electron chi connectivity index (χ2n) is 6.70. The summed E-state index contributed by atoms with van der Waals surface area (Å²) in [6.45, 7) is 4.58. The summed E-state index contributed by atoms with van der Waals surface area (Å²) in [5.74, 6) is 1.60. The van der Waals surface area contributed by atoms with E-state index in [1.165, 1.54) is 0 Å². The van der Waals surface area contributed by atoms with Crippen molar-refractivity contribution in [3.8, 4) is 5.69 Å². The third kappa shape index (κ3) is 5.00. The molecule has 0 saturated carbocycles. The van der Waals surface area contributed by atoms with Crippen molar-refractivity contribution in [2.45, 2.75) is 32.6 Å². The summed E-state index contributed by atoms with van der Waals surface area (Å²) < 4.78 is 1.69. The van der Waals surface area contributed by atoms with Crippen molar-refractivity contribution in [2.24, 2.45) is 5.92 Å². The van der Waals surface area contributed by atoms with Crippen molar-refractivity contribution in [1.29, 1.82) is 0 Å². The average Bonchev–Trinajstić information content (AvgIpc) is 3.10. The molecule has 0 radical (unpaired) electrons. The second-order valence-corrected chi connectivity index (χ2v) is 7.10. The van der Waals surface area contributed by atoms with Crippen LogP contribution in [0.1, 0.15) is 42.6 Å². The first-order valence-corrected chi connectivity index (χ1v) is 9.66. The Bertz CT molecular complexity index is 756. The second kappa shape index (κ2) is 10.1. The van der Waals surface area contributed by atoms with Gasteiger partial charge < -0.3 is 10.2 Å². The van der Waals surface area contributed by atoms with E-state index >= 15 is 0 Å². The zero-order valence-electron chi connectivity index (χ0n) is 15.8. The van der Waals surface area contributed by atoms with Gasteiger partial charge >= 0.3 is 0 Å². The molecule has 1 amide bonds. The van der Waals surface area contributed by atoms with Gasteiger partial charge in [0.05, 0.1) is 10.7 Å². The summed E-state index contributed by atoms with van der Waals surface area (Å²) in [4.78, 5) is 19.2. The van der Waals surface area contributed by atoms with E-state index in [-0.39, 0.29) is 24.1 Å². The topological polar surface area (TPSA) is 63.1 Å². The van der Waals surface area contributed by atoms with E-state index in [0.717, 1.165) is 50.4 Å². The molecule has 1 aliphatic heterocycles. The molecule has 0 aliphatic carbocycles. The monoisotopic (exact) mass is 411 g/mol. The first-order chi connectivity index (χ1) is 12.6. The van der Waals surface area contributed by atoms with Crippen LogP contribution in [0, 0.1) is 5.92 Å². The lowest BCUT2D eigenvalue weighted by Gasteiger charge is -2.31. The molecule has 2 aromatic rings. The maximum Gasteiger partial charge on any atom is 0.293 e. The van der Waals surface area contributed by atoms with Gasteiger partial charge in [0.1, 0.15) is 5.82 Å². The first-order valence-electron chi connectivity index (χ1n) is 9.28. The number of rotatable bonds is 6. The van der Waals surface area contributed by atoms with Crippen LogP contribution in [0.3, 0.4) is 0 Å². The summed E-state index contributed by atoms with van der Waals surface area (Å²) in [5, 5.41) is 8.27. The van der Waals surface area contributed by atoms with Gasteiger partial charge in [-0.25, -0.2) is 9.67 Å². The molecule has 8 heteroatoms. The molecule has 0 unspecified atom stereocenters. The Morgan fingerprint density at radius 3 is 2.63 bits per heavy atom. The van der Waals surface area contributed by atoms with E-state index in [1.807, 2.05) is 43.1 Å². The van der Waals surface area contributed by atoms with Crippen LogP contribution < -0.4 is 5.32 Å². The molecule has 1 fully saturated rings. The fourth-order valence-electron chi connectivity index (χ4n) is 3.39. The number of hydrogen-bond donors (Lipinski definition) is 1. The van der Waals surface area contributed by atoms with E-state index < -0.39 is 0 Å². The summed E-state index contributed by atoms with van der Waals surface area (Å²) in [6, 6.07) is 7.48. The predicted octanol–water partition coefficient (Wildman–Crippen LogP) is 3.37. The number of benzene rings is 1. The number of carbonyl (C=O) groups is 1. The Morgan fingerprint density at radius 1 is 1.30 bits per heavy atom. The van der Waals surface area contributed by atoms with Gasteiger partial charge in [0.15, 0.2) is 0 Å². The van der Waals surface area contributed by atoms with Crippen LogP contribution in [-0.2, 0) is 6.42 Å². The molecule has 1 aromatic carbocycles. The summed E-state index contributed by atoms with van der Waals surface area (Å²) in [6.07, 6.45) is 3.92. The minimum Gasteiger partial charge on any atom is -0.336 e. The van der Waals surface area contributed by atoms with Gasteiger partial charge in [0, 0.05) is 19.5 Å². The Balaban J connectivity index is 0.00000261. The third-order valence-electron chi connectivity index (χ3n) is 4.97. The zero-order chi connectivity index (χ0) is 18.5. The van der Waals surface area contributed by atoms with Gasteiger partial charge in [0.2, 0.25) is 5.82 Å². The summed E-state index contributed by atoms with van der Waals surface area (Å²) in [7, 11) is 1.98. The minimum atomic E-state index is -0.0856. The third-order valence-corrected chi connectivity index (χ3v) is 5.29. The molecule has 0 spiro atoms. The number of likely N-dealkylation sites (tertiary alicyclic amines) is 1. The van der Waals surface area contributed by atoms with Gasteiger partial charge in [-0.1, -0.05) is 30.7 Å². The Hall–Kier alpha value is -1.63. The van der Waals surface area contributed by atoms with E-state index in [2.05, 4.69) is 15.4 Å². The van der Waals surface area contributed by atoms with Gasteiger partial charge in [-0.05, 0) is 50.9 Å². The molecule has 1 N–H and O–H groups in total. The van der Waals surface area contributed by atoms with Crippen LogP contribution in [0.5, 0.6) is 0 Å². The molecular formula is C19H27Cl2N5O. The Labute approximate surface area is 171 Å². The molecule has 27 heavy (non-hydrogen) atoms. The van der Waals surface area contributed by atoms with Crippen molar-refractivity contribution in [1.82, 2.24) is 25.0 Å². The number of aryl methyl sites for hydroxylation is 1. The van der Waals surface area contributed by atoms with E-state index in [9.17, 15) is 4.79 Å². The molecule has 6 nitrogen and oxygen atoms in total.